The first kappa shape index (κ1) is 13.4. The molecule has 0 saturated carbocycles. The van der Waals surface area contributed by atoms with Gasteiger partial charge in [0.2, 0.25) is 0 Å². The van der Waals surface area contributed by atoms with E-state index in [1.54, 1.807) is 7.11 Å². The zero-order valence-corrected chi connectivity index (χ0v) is 10.9. The largest absolute Gasteiger partial charge is 0.397 e. The number of rotatable bonds is 4. The molecule has 0 bridgehead atoms. The van der Waals surface area contributed by atoms with Gasteiger partial charge in [0.15, 0.2) is 0 Å². The maximum Gasteiger partial charge on any atom is 0.143 e. The van der Waals surface area contributed by atoms with Crippen LogP contribution in [-0.4, -0.2) is 32.5 Å². The van der Waals surface area contributed by atoms with E-state index < -0.39 is 5.82 Å². The van der Waals surface area contributed by atoms with Crippen LogP contribution in [0.25, 0.3) is 0 Å². The van der Waals surface area contributed by atoms with Crippen molar-refractivity contribution in [1.82, 2.24) is 0 Å². The number of halogens is 2. The maximum absolute atomic E-state index is 13.4. The van der Waals surface area contributed by atoms with E-state index in [1.807, 2.05) is 0 Å². The smallest absolute Gasteiger partial charge is 0.143 e. The lowest BCUT2D eigenvalue weighted by molar-refractivity contribution is -0.00619. The van der Waals surface area contributed by atoms with Crippen LogP contribution in [0.1, 0.15) is 6.42 Å². The number of methoxy groups -OCH3 is 1. The quantitative estimate of drug-likeness (QED) is 0.827. The van der Waals surface area contributed by atoms with E-state index in [1.165, 1.54) is 12.1 Å². The molecular weight excluding hydrogens is 259 g/mol. The molecule has 1 aromatic rings. The summed E-state index contributed by atoms with van der Waals surface area (Å²) in [6.07, 6.45) is 0.798. The Bertz CT molecular complexity index is 436. The average molecular weight is 275 g/mol. The molecule has 1 saturated heterocycles. The topological polar surface area (TPSA) is 56.5 Å². The standard InChI is InChI=1S/C12H16ClFN2O2/c1-17-12(2-3-18-7-12)6-16-11-5-9(14)8(13)4-10(11)15/h4-5,16H,2-3,6-7,15H2,1H3. The van der Waals surface area contributed by atoms with Crippen molar-refractivity contribution in [2.24, 2.45) is 0 Å². The number of hydrogen-bond donors (Lipinski definition) is 2. The molecule has 18 heavy (non-hydrogen) atoms. The summed E-state index contributed by atoms with van der Waals surface area (Å²) in [5.41, 5.74) is 6.32. The third kappa shape index (κ3) is 2.68. The van der Waals surface area contributed by atoms with Crippen LogP contribution < -0.4 is 11.1 Å². The first-order valence-electron chi connectivity index (χ1n) is 5.68. The Labute approximate surface area is 110 Å². The number of hydrogen-bond acceptors (Lipinski definition) is 4. The van der Waals surface area contributed by atoms with Crippen molar-refractivity contribution in [3.8, 4) is 0 Å². The van der Waals surface area contributed by atoms with E-state index in [4.69, 9.17) is 26.8 Å². The molecule has 1 aromatic carbocycles. The summed E-state index contributed by atoms with van der Waals surface area (Å²) in [6.45, 7) is 1.70. The highest BCUT2D eigenvalue weighted by molar-refractivity contribution is 6.31. The molecule has 1 atom stereocenters. The summed E-state index contributed by atoms with van der Waals surface area (Å²) in [7, 11) is 1.64. The van der Waals surface area contributed by atoms with Crippen LogP contribution in [0.2, 0.25) is 5.02 Å². The van der Waals surface area contributed by atoms with Gasteiger partial charge in [-0.1, -0.05) is 11.6 Å². The molecule has 100 valence electrons. The van der Waals surface area contributed by atoms with Crippen LogP contribution in [0, 0.1) is 5.82 Å². The molecule has 2 rings (SSSR count). The first-order chi connectivity index (χ1) is 8.56. The van der Waals surface area contributed by atoms with Gasteiger partial charge in [0, 0.05) is 32.7 Å². The molecule has 3 N–H and O–H groups in total. The normalized spacial score (nSPS) is 23.3. The monoisotopic (exact) mass is 274 g/mol. The molecular formula is C12H16ClFN2O2. The maximum atomic E-state index is 13.4. The number of nitrogens with two attached hydrogens (primary N) is 1. The van der Waals surface area contributed by atoms with Gasteiger partial charge in [-0.25, -0.2) is 4.39 Å². The average Bonchev–Trinajstić information content (AvgIpc) is 2.82. The Balaban J connectivity index is 2.08. The lowest BCUT2D eigenvalue weighted by atomic mass is 10.0. The molecule has 1 aliphatic heterocycles. The summed E-state index contributed by atoms with van der Waals surface area (Å²) in [6, 6.07) is 2.68. The van der Waals surface area contributed by atoms with Crippen LogP contribution >= 0.6 is 11.6 Å². The van der Waals surface area contributed by atoms with E-state index in [2.05, 4.69) is 5.32 Å². The first-order valence-corrected chi connectivity index (χ1v) is 6.05. The zero-order valence-electron chi connectivity index (χ0n) is 10.1. The van der Waals surface area contributed by atoms with Gasteiger partial charge in [0.25, 0.3) is 0 Å². The molecule has 1 aliphatic rings. The Morgan fingerprint density at radius 3 is 3.00 bits per heavy atom. The molecule has 0 amide bonds. The zero-order chi connectivity index (χ0) is 13.2. The van der Waals surface area contributed by atoms with E-state index >= 15 is 0 Å². The number of anilines is 2. The number of ether oxygens (including phenoxy) is 2. The molecule has 1 heterocycles. The van der Waals surface area contributed by atoms with Gasteiger partial charge in [-0.2, -0.15) is 0 Å². The molecule has 0 spiro atoms. The summed E-state index contributed by atoms with van der Waals surface area (Å²) in [5.74, 6) is -0.498. The predicted molar refractivity (Wildman–Crippen MR) is 69.5 cm³/mol. The van der Waals surface area contributed by atoms with E-state index in [-0.39, 0.29) is 10.6 Å². The van der Waals surface area contributed by atoms with Crippen LogP contribution in [0.15, 0.2) is 12.1 Å². The molecule has 1 unspecified atom stereocenters. The van der Waals surface area contributed by atoms with Crippen molar-refractivity contribution >= 4 is 23.0 Å². The van der Waals surface area contributed by atoms with Gasteiger partial charge in [0.1, 0.15) is 11.4 Å². The van der Waals surface area contributed by atoms with Crippen LogP contribution in [-0.2, 0) is 9.47 Å². The minimum absolute atomic E-state index is 0.0173. The van der Waals surface area contributed by atoms with Crippen molar-refractivity contribution < 1.29 is 13.9 Å². The molecule has 0 aromatic heterocycles. The van der Waals surface area contributed by atoms with E-state index in [0.29, 0.717) is 31.1 Å². The van der Waals surface area contributed by atoms with Crippen molar-refractivity contribution in [1.29, 1.82) is 0 Å². The second-order valence-electron chi connectivity index (χ2n) is 4.40. The lowest BCUT2D eigenvalue weighted by Gasteiger charge is -2.26. The number of benzene rings is 1. The van der Waals surface area contributed by atoms with Gasteiger partial charge in [-0.15, -0.1) is 0 Å². The Hall–Kier alpha value is -1.04. The predicted octanol–water partition coefficient (Wildman–Crippen LogP) is 2.28. The van der Waals surface area contributed by atoms with Gasteiger partial charge in [-0.3, -0.25) is 0 Å². The molecule has 1 fully saturated rings. The van der Waals surface area contributed by atoms with Gasteiger partial charge < -0.3 is 20.5 Å². The Kier molecular flexibility index (Phi) is 3.94. The summed E-state index contributed by atoms with van der Waals surface area (Å²) < 4.78 is 24.1. The lowest BCUT2D eigenvalue weighted by Crippen LogP contribution is -2.39. The van der Waals surface area contributed by atoms with Crippen molar-refractivity contribution in [2.75, 3.05) is 37.9 Å². The Morgan fingerprint density at radius 2 is 2.39 bits per heavy atom. The van der Waals surface area contributed by atoms with Crippen molar-refractivity contribution in [3.63, 3.8) is 0 Å². The minimum atomic E-state index is -0.498. The highest BCUT2D eigenvalue weighted by Crippen LogP contribution is 2.28. The molecule has 0 radical (unpaired) electrons. The molecule has 4 nitrogen and oxygen atoms in total. The second kappa shape index (κ2) is 5.30. The van der Waals surface area contributed by atoms with Gasteiger partial charge >= 0.3 is 0 Å². The van der Waals surface area contributed by atoms with Crippen LogP contribution in [0.5, 0.6) is 0 Å². The highest BCUT2D eigenvalue weighted by Gasteiger charge is 2.34. The van der Waals surface area contributed by atoms with Crippen molar-refractivity contribution in [3.05, 3.63) is 23.0 Å². The number of nitrogens with one attached hydrogen (secondary N) is 1. The SMILES string of the molecule is COC1(CNc2cc(F)c(Cl)cc2N)CCOC1. The summed E-state index contributed by atoms with van der Waals surface area (Å²) in [4.78, 5) is 0. The number of nitrogen functional groups attached to an aromatic ring is 1. The van der Waals surface area contributed by atoms with Gasteiger partial charge in [0.05, 0.1) is 23.0 Å². The Morgan fingerprint density at radius 1 is 1.61 bits per heavy atom. The van der Waals surface area contributed by atoms with Gasteiger partial charge in [-0.05, 0) is 6.07 Å². The fourth-order valence-corrected chi connectivity index (χ4v) is 2.10. The second-order valence-corrected chi connectivity index (χ2v) is 4.80. The fraction of sp³-hybridized carbons (Fsp3) is 0.500. The third-order valence-corrected chi connectivity index (χ3v) is 3.48. The van der Waals surface area contributed by atoms with E-state index in [9.17, 15) is 4.39 Å². The fourth-order valence-electron chi connectivity index (χ4n) is 1.93. The molecule has 6 heteroatoms. The minimum Gasteiger partial charge on any atom is -0.397 e. The van der Waals surface area contributed by atoms with Crippen molar-refractivity contribution in [2.45, 2.75) is 12.0 Å². The highest BCUT2D eigenvalue weighted by atomic mass is 35.5. The third-order valence-electron chi connectivity index (χ3n) is 3.19. The molecule has 0 aliphatic carbocycles. The summed E-state index contributed by atoms with van der Waals surface area (Å²) >= 11 is 5.64. The summed E-state index contributed by atoms with van der Waals surface area (Å²) in [5, 5.41) is 3.10. The van der Waals surface area contributed by atoms with Crippen LogP contribution in [0.3, 0.4) is 0 Å². The van der Waals surface area contributed by atoms with Crippen LogP contribution in [0.4, 0.5) is 15.8 Å². The van der Waals surface area contributed by atoms with E-state index in [0.717, 1.165) is 6.42 Å².